The number of likely N-dealkylation sites (N-methyl/N-ethyl adjacent to an activating group) is 1. The Kier molecular flexibility index (Phi) is 10.6. The molecule has 0 saturated carbocycles. The van der Waals surface area contributed by atoms with Crippen molar-refractivity contribution in [2.24, 2.45) is 0 Å². The molecule has 0 unspecified atom stereocenters. The lowest BCUT2D eigenvalue weighted by molar-refractivity contribution is -0.140. The standard InChI is InChI=1S/C27H27Cl3FN3O4S/c1-3-32-27(36)25(13-18-7-5-4-6-8-18)33(16-19-9-11-20(31)12-10-19)26(35)17-34(39(2,37)38)24-15-22(29)21(28)14-23(24)30/h4-12,14-15,25H,3,13,16-17H2,1-2H3,(H,32,36)/t25-/m1/s1. The first-order chi connectivity index (χ1) is 18.4. The fraction of sp³-hybridized carbons (Fsp3) is 0.259. The molecule has 1 N–H and O–H groups in total. The number of anilines is 1. The summed E-state index contributed by atoms with van der Waals surface area (Å²) in [6.07, 6.45) is 1.08. The summed E-state index contributed by atoms with van der Waals surface area (Å²) in [5, 5.41) is 2.89. The van der Waals surface area contributed by atoms with Crippen LogP contribution in [0, 0.1) is 5.82 Å². The maximum atomic E-state index is 13.9. The van der Waals surface area contributed by atoms with E-state index in [1.54, 1.807) is 6.92 Å². The molecule has 0 radical (unpaired) electrons. The Bertz CT molecular complexity index is 1420. The molecule has 3 aromatic rings. The van der Waals surface area contributed by atoms with Crippen LogP contribution in [0.1, 0.15) is 18.1 Å². The molecule has 0 bridgehead atoms. The molecular formula is C27H27Cl3FN3O4S. The van der Waals surface area contributed by atoms with Crippen molar-refractivity contribution in [3.8, 4) is 0 Å². The second kappa shape index (κ2) is 13.5. The molecule has 0 aliphatic rings. The summed E-state index contributed by atoms with van der Waals surface area (Å²) in [5.74, 6) is -1.56. The van der Waals surface area contributed by atoms with Crippen molar-refractivity contribution in [2.75, 3.05) is 23.7 Å². The highest BCUT2D eigenvalue weighted by molar-refractivity contribution is 7.92. The van der Waals surface area contributed by atoms with Crippen LogP contribution in [0.2, 0.25) is 15.1 Å². The van der Waals surface area contributed by atoms with Gasteiger partial charge in [0, 0.05) is 19.5 Å². The van der Waals surface area contributed by atoms with Crippen LogP contribution in [0.3, 0.4) is 0 Å². The molecule has 3 rings (SSSR count). The van der Waals surface area contributed by atoms with Gasteiger partial charge in [-0.2, -0.15) is 0 Å². The Balaban J connectivity index is 2.07. The van der Waals surface area contributed by atoms with Gasteiger partial charge in [-0.3, -0.25) is 13.9 Å². The van der Waals surface area contributed by atoms with Crippen LogP contribution in [0.25, 0.3) is 0 Å². The van der Waals surface area contributed by atoms with Gasteiger partial charge in [0.25, 0.3) is 0 Å². The molecule has 39 heavy (non-hydrogen) atoms. The maximum Gasteiger partial charge on any atom is 0.244 e. The average Bonchev–Trinajstić information content (AvgIpc) is 2.88. The first-order valence-electron chi connectivity index (χ1n) is 11.9. The highest BCUT2D eigenvalue weighted by Gasteiger charge is 2.33. The van der Waals surface area contributed by atoms with Crippen LogP contribution in [-0.4, -0.2) is 50.5 Å². The summed E-state index contributed by atoms with van der Waals surface area (Å²) >= 11 is 18.4. The van der Waals surface area contributed by atoms with Gasteiger partial charge >= 0.3 is 0 Å². The van der Waals surface area contributed by atoms with E-state index in [0.29, 0.717) is 12.1 Å². The number of nitrogens with one attached hydrogen (secondary N) is 1. The van der Waals surface area contributed by atoms with E-state index in [1.165, 1.54) is 41.3 Å². The minimum Gasteiger partial charge on any atom is -0.355 e. The lowest BCUT2D eigenvalue weighted by Crippen LogP contribution is -2.53. The quantitative estimate of drug-likeness (QED) is 0.296. The first-order valence-corrected chi connectivity index (χ1v) is 14.9. The lowest BCUT2D eigenvalue weighted by atomic mass is 10.0. The molecule has 0 aromatic heterocycles. The smallest absolute Gasteiger partial charge is 0.244 e. The molecule has 0 heterocycles. The molecule has 0 spiro atoms. The normalized spacial score (nSPS) is 12.1. The van der Waals surface area contributed by atoms with Gasteiger partial charge < -0.3 is 10.2 Å². The Hall–Kier alpha value is -2.85. The lowest BCUT2D eigenvalue weighted by Gasteiger charge is -2.33. The van der Waals surface area contributed by atoms with Gasteiger partial charge in [0.1, 0.15) is 18.4 Å². The Labute approximate surface area is 242 Å². The number of rotatable bonds is 11. The summed E-state index contributed by atoms with van der Waals surface area (Å²) in [4.78, 5) is 28.5. The minimum absolute atomic E-state index is 0.0303. The SMILES string of the molecule is CCNC(=O)[C@@H](Cc1ccccc1)N(Cc1ccc(F)cc1)C(=O)CN(c1cc(Cl)c(Cl)cc1Cl)S(C)(=O)=O. The molecule has 2 amide bonds. The van der Waals surface area contributed by atoms with Gasteiger partial charge in [-0.1, -0.05) is 77.3 Å². The maximum absolute atomic E-state index is 13.9. The third kappa shape index (κ3) is 8.32. The number of nitrogens with zero attached hydrogens (tertiary/aromatic N) is 2. The van der Waals surface area contributed by atoms with E-state index in [9.17, 15) is 22.4 Å². The molecule has 208 valence electrons. The summed E-state index contributed by atoms with van der Waals surface area (Å²) in [5.41, 5.74) is 1.30. The van der Waals surface area contributed by atoms with E-state index in [-0.39, 0.29) is 33.7 Å². The van der Waals surface area contributed by atoms with Crippen molar-refractivity contribution >= 4 is 62.3 Å². The third-order valence-corrected chi connectivity index (χ3v) is 7.98. The highest BCUT2D eigenvalue weighted by Crippen LogP contribution is 2.35. The monoisotopic (exact) mass is 613 g/mol. The van der Waals surface area contributed by atoms with Crippen molar-refractivity contribution < 1.29 is 22.4 Å². The largest absolute Gasteiger partial charge is 0.355 e. The topological polar surface area (TPSA) is 86.8 Å². The van der Waals surface area contributed by atoms with Gasteiger partial charge in [-0.25, -0.2) is 12.8 Å². The zero-order valence-corrected chi connectivity index (χ0v) is 24.3. The molecule has 0 saturated heterocycles. The number of halogens is 4. The fourth-order valence-electron chi connectivity index (χ4n) is 3.93. The van der Waals surface area contributed by atoms with Gasteiger partial charge in [0.2, 0.25) is 21.8 Å². The van der Waals surface area contributed by atoms with Crippen LogP contribution in [0.5, 0.6) is 0 Å². The molecule has 0 fully saturated rings. The van der Waals surface area contributed by atoms with E-state index >= 15 is 0 Å². The van der Waals surface area contributed by atoms with Crippen LogP contribution in [0.4, 0.5) is 10.1 Å². The summed E-state index contributed by atoms with van der Waals surface area (Å²) < 4.78 is 40.1. The summed E-state index contributed by atoms with van der Waals surface area (Å²) in [6, 6.07) is 16.1. The molecule has 1 atom stereocenters. The summed E-state index contributed by atoms with van der Waals surface area (Å²) in [6.45, 7) is 1.31. The van der Waals surface area contributed by atoms with Crippen LogP contribution in [-0.2, 0) is 32.6 Å². The molecule has 0 aliphatic carbocycles. The number of carbonyl (C=O) groups excluding carboxylic acids is 2. The van der Waals surface area contributed by atoms with E-state index in [2.05, 4.69) is 5.32 Å². The van der Waals surface area contributed by atoms with E-state index < -0.39 is 40.2 Å². The number of amides is 2. The number of carbonyl (C=O) groups is 2. The number of sulfonamides is 1. The number of benzene rings is 3. The predicted octanol–water partition coefficient (Wildman–Crippen LogP) is 5.33. The molecule has 0 aliphatic heterocycles. The molecule has 12 heteroatoms. The van der Waals surface area contributed by atoms with Crippen molar-refractivity contribution in [1.29, 1.82) is 0 Å². The zero-order valence-electron chi connectivity index (χ0n) is 21.2. The fourth-order valence-corrected chi connectivity index (χ4v) is 5.48. The predicted molar refractivity (Wildman–Crippen MR) is 153 cm³/mol. The second-order valence-electron chi connectivity index (χ2n) is 8.74. The Morgan fingerprint density at radius 2 is 1.54 bits per heavy atom. The van der Waals surface area contributed by atoms with Crippen molar-refractivity contribution in [2.45, 2.75) is 25.9 Å². The second-order valence-corrected chi connectivity index (χ2v) is 11.9. The molecular weight excluding hydrogens is 588 g/mol. The molecule has 3 aromatic carbocycles. The van der Waals surface area contributed by atoms with Gasteiger partial charge in [0.05, 0.1) is 27.0 Å². The Morgan fingerprint density at radius 1 is 0.923 bits per heavy atom. The van der Waals surface area contributed by atoms with Crippen molar-refractivity contribution in [1.82, 2.24) is 10.2 Å². The van der Waals surface area contributed by atoms with Gasteiger partial charge in [0.15, 0.2) is 0 Å². The average molecular weight is 615 g/mol. The van der Waals surface area contributed by atoms with Gasteiger partial charge in [-0.05, 0) is 42.3 Å². The Morgan fingerprint density at radius 3 is 2.13 bits per heavy atom. The number of hydrogen-bond donors (Lipinski definition) is 1. The highest BCUT2D eigenvalue weighted by atomic mass is 35.5. The zero-order chi connectivity index (χ0) is 28.7. The third-order valence-electron chi connectivity index (χ3n) is 5.83. The van der Waals surface area contributed by atoms with Crippen LogP contribution in [0.15, 0.2) is 66.7 Å². The minimum atomic E-state index is -4.04. The number of hydrogen-bond acceptors (Lipinski definition) is 4. The van der Waals surface area contributed by atoms with E-state index in [4.69, 9.17) is 34.8 Å². The van der Waals surface area contributed by atoms with Crippen LogP contribution >= 0.6 is 34.8 Å². The van der Waals surface area contributed by atoms with Crippen LogP contribution < -0.4 is 9.62 Å². The van der Waals surface area contributed by atoms with Gasteiger partial charge in [-0.15, -0.1) is 0 Å². The first kappa shape index (κ1) is 30.7. The molecule has 7 nitrogen and oxygen atoms in total. The van der Waals surface area contributed by atoms with E-state index in [1.807, 2.05) is 30.3 Å². The summed E-state index contributed by atoms with van der Waals surface area (Å²) in [7, 11) is -4.04. The van der Waals surface area contributed by atoms with Crippen molar-refractivity contribution in [3.05, 3.63) is 98.7 Å². The van der Waals surface area contributed by atoms with Crippen molar-refractivity contribution in [3.63, 3.8) is 0 Å². The van der Waals surface area contributed by atoms with E-state index in [0.717, 1.165) is 16.1 Å².